The molecule has 1 N–H and O–H groups in total. The van der Waals surface area contributed by atoms with Crippen molar-refractivity contribution in [3.8, 4) is 0 Å². The van der Waals surface area contributed by atoms with Gasteiger partial charge in [-0.25, -0.2) is 0 Å². The summed E-state index contributed by atoms with van der Waals surface area (Å²) < 4.78 is 5.45. The van der Waals surface area contributed by atoms with Crippen molar-refractivity contribution >= 4 is 17.5 Å². The molecule has 0 bridgehead atoms. The Kier molecular flexibility index (Phi) is 7.87. The number of hydrogen-bond acceptors (Lipinski definition) is 4. The lowest BCUT2D eigenvalue weighted by molar-refractivity contribution is -0.126. The van der Waals surface area contributed by atoms with E-state index in [9.17, 15) is 9.59 Å². The van der Waals surface area contributed by atoms with Crippen molar-refractivity contribution in [3.05, 3.63) is 54.5 Å². The number of furan rings is 1. The van der Waals surface area contributed by atoms with Gasteiger partial charge >= 0.3 is 0 Å². The topological polar surface area (TPSA) is 65.8 Å². The lowest BCUT2D eigenvalue weighted by Gasteiger charge is -2.32. The SMILES string of the molecule is CCCCNC(=O)C1CCN(CC(=O)N(Cc2ccco2)c2ccccc2)CC1. The van der Waals surface area contributed by atoms with Crippen LogP contribution in [0.25, 0.3) is 0 Å². The van der Waals surface area contributed by atoms with Crippen LogP contribution in [0.2, 0.25) is 0 Å². The van der Waals surface area contributed by atoms with Crippen LogP contribution in [-0.2, 0) is 16.1 Å². The second-order valence-electron chi connectivity index (χ2n) is 7.59. The zero-order valence-corrected chi connectivity index (χ0v) is 17.2. The molecule has 0 aliphatic carbocycles. The monoisotopic (exact) mass is 397 g/mol. The number of likely N-dealkylation sites (tertiary alicyclic amines) is 1. The Labute approximate surface area is 172 Å². The fourth-order valence-electron chi connectivity index (χ4n) is 3.65. The van der Waals surface area contributed by atoms with Crippen molar-refractivity contribution in [1.29, 1.82) is 0 Å². The third kappa shape index (κ3) is 6.19. The number of amides is 2. The molecule has 1 saturated heterocycles. The zero-order chi connectivity index (χ0) is 20.5. The zero-order valence-electron chi connectivity index (χ0n) is 17.2. The van der Waals surface area contributed by atoms with Gasteiger partial charge in [-0.1, -0.05) is 31.5 Å². The van der Waals surface area contributed by atoms with E-state index in [1.807, 2.05) is 42.5 Å². The molecule has 6 nitrogen and oxygen atoms in total. The second kappa shape index (κ2) is 10.8. The molecule has 2 heterocycles. The van der Waals surface area contributed by atoms with E-state index in [4.69, 9.17) is 4.42 Å². The van der Waals surface area contributed by atoms with Gasteiger partial charge in [0.25, 0.3) is 0 Å². The number of rotatable bonds is 9. The maximum Gasteiger partial charge on any atom is 0.241 e. The summed E-state index contributed by atoms with van der Waals surface area (Å²) in [6.45, 7) is 5.16. The van der Waals surface area contributed by atoms with Crippen LogP contribution >= 0.6 is 0 Å². The Bertz CT molecular complexity index is 753. The molecule has 1 aliphatic rings. The van der Waals surface area contributed by atoms with Crippen LogP contribution in [0.3, 0.4) is 0 Å². The second-order valence-corrected chi connectivity index (χ2v) is 7.59. The minimum atomic E-state index is 0.0402. The van der Waals surface area contributed by atoms with Crippen LogP contribution in [-0.4, -0.2) is 42.9 Å². The van der Waals surface area contributed by atoms with E-state index < -0.39 is 0 Å². The number of piperidine rings is 1. The fourth-order valence-corrected chi connectivity index (χ4v) is 3.65. The molecule has 2 amide bonds. The van der Waals surface area contributed by atoms with E-state index in [1.54, 1.807) is 11.2 Å². The first kappa shape index (κ1) is 21.1. The summed E-state index contributed by atoms with van der Waals surface area (Å²) >= 11 is 0. The fraction of sp³-hybridized carbons (Fsp3) is 0.478. The molecule has 1 aromatic carbocycles. The normalized spacial score (nSPS) is 15.2. The number of benzene rings is 1. The van der Waals surface area contributed by atoms with Crippen molar-refractivity contribution in [2.45, 2.75) is 39.2 Å². The number of nitrogens with zero attached hydrogens (tertiary/aromatic N) is 2. The highest BCUT2D eigenvalue weighted by Crippen LogP contribution is 2.20. The van der Waals surface area contributed by atoms with Crippen LogP contribution in [0.4, 0.5) is 5.69 Å². The Hall–Kier alpha value is -2.60. The molecule has 1 aliphatic heterocycles. The average Bonchev–Trinajstić information content (AvgIpc) is 3.26. The van der Waals surface area contributed by atoms with E-state index in [-0.39, 0.29) is 17.7 Å². The predicted octanol–water partition coefficient (Wildman–Crippen LogP) is 3.44. The molecule has 0 atom stereocenters. The van der Waals surface area contributed by atoms with Crippen LogP contribution in [0.5, 0.6) is 0 Å². The van der Waals surface area contributed by atoms with Gasteiger partial charge in [0, 0.05) is 18.2 Å². The molecule has 0 radical (unpaired) electrons. The third-order valence-corrected chi connectivity index (χ3v) is 5.41. The van der Waals surface area contributed by atoms with E-state index >= 15 is 0 Å². The van der Waals surface area contributed by atoms with Gasteiger partial charge in [0.2, 0.25) is 11.8 Å². The molecular weight excluding hydrogens is 366 g/mol. The smallest absolute Gasteiger partial charge is 0.241 e. The summed E-state index contributed by atoms with van der Waals surface area (Å²) in [6.07, 6.45) is 5.32. The van der Waals surface area contributed by atoms with Gasteiger partial charge in [0.05, 0.1) is 19.4 Å². The maximum absolute atomic E-state index is 13.1. The molecule has 2 aromatic rings. The molecule has 0 saturated carbocycles. The van der Waals surface area contributed by atoms with Gasteiger partial charge in [0.1, 0.15) is 5.76 Å². The summed E-state index contributed by atoms with van der Waals surface area (Å²) in [5, 5.41) is 3.03. The molecule has 1 aromatic heterocycles. The van der Waals surface area contributed by atoms with E-state index in [2.05, 4.69) is 17.1 Å². The minimum absolute atomic E-state index is 0.0402. The molecule has 156 valence electrons. The quantitative estimate of drug-likeness (QED) is 0.658. The first-order valence-electron chi connectivity index (χ1n) is 10.5. The largest absolute Gasteiger partial charge is 0.467 e. The standard InChI is InChI=1S/C23H31N3O3/c1-2-3-13-24-23(28)19-11-14-25(15-12-19)18-22(27)26(17-21-10-7-16-29-21)20-8-5-4-6-9-20/h4-10,16,19H,2-3,11-15,17-18H2,1H3,(H,24,28). The number of carbonyl (C=O) groups is 2. The maximum atomic E-state index is 13.1. The molecule has 1 fully saturated rings. The van der Waals surface area contributed by atoms with Gasteiger partial charge in [-0.15, -0.1) is 0 Å². The summed E-state index contributed by atoms with van der Waals surface area (Å²) in [7, 11) is 0. The highest BCUT2D eigenvalue weighted by molar-refractivity contribution is 5.94. The molecule has 29 heavy (non-hydrogen) atoms. The molecular formula is C23H31N3O3. The number of nitrogens with one attached hydrogen (secondary N) is 1. The summed E-state index contributed by atoms with van der Waals surface area (Å²) in [4.78, 5) is 29.3. The van der Waals surface area contributed by atoms with Gasteiger partial charge in [0.15, 0.2) is 0 Å². The number of carbonyl (C=O) groups excluding carboxylic acids is 2. The van der Waals surface area contributed by atoms with E-state index in [0.29, 0.717) is 13.1 Å². The van der Waals surface area contributed by atoms with Crippen LogP contribution in [0.1, 0.15) is 38.4 Å². The highest BCUT2D eigenvalue weighted by Gasteiger charge is 2.27. The van der Waals surface area contributed by atoms with Crippen molar-refractivity contribution in [2.75, 3.05) is 31.1 Å². The van der Waals surface area contributed by atoms with Gasteiger partial charge < -0.3 is 14.6 Å². The summed E-state index contributed by atoms with van der Waals surface area (Å²) in [5.74, 6) is 1.02. The van der Waals surface area contributed by atoms with Crippen LogP contribution < -0.4 is 10.2 Å². The van der Waals surface area contributed by atoms with Gasteiger partial charge in [-0.2, -0.15) is 0 Å². The molecule has 0 unspecified atom stereocenters. The summed E-state index contributed by atoms with van der Waals surface area (Å²) in [5.41, 5.74) is 0.860. The first-order valence-corrected chi connectivity index (χ1v) is 10.5. The Morgan fingerprint density at radius 3 is 2.55 bits per heavy atom. The summed E-state index contributed by atoms with van der Waals surface area (Å²) in [6, 6.07) is 13.4. The van der Waals surface area contributed by atoms with Crippen molar-refractivity contribution < 1.29 is 14.0 Å². The Morgan fingerprint density at radius 2 is 1.90 bits per heavy atom. The Morgan fingerprint density at radius 1 is 1.14 bits per heavy atom. The minimum Gasteiger partial charge on any atom is -0.467 e. The average molecular weight is 398 g/mol. The number of para-hydroxylation sites is 1. The van der Waals surface area contributed by atoms with Crippen molar-refractivity contribution in [1.82, 2.24) is 10.2 Å². The van der Waals surface area contributed by atoms with Gasteiger partial charge in [-0.05, 0) is 56.6 Å². The molecule has 3 rings (SSSR count). The predicted molar refractivity (Wildman–Crippen MR) is 113 cm³/mol. The molecule has 0 spiro atoms. The lowest BCUT2D eigenvalue weighted by Crippen LogP contribution is -2.45. The third-order valence-electron chi connectivity index (χ3n) is 5.41. The van der Waals surface area contributed by atoms with Crippen molar-refractivity contribution in [3.63, 3.8) is 0 Å². The van der Waals surface area contributed by atoms with Crippen LogP contribution in [0, 0.1) is 5.92 Å². The van der Waals surface area contributed by atoms with E-state index in [1.165, 1.54) is 0 Å². The van der Waals surface area contributed by atoms with Gasteiger partial charge in [-0.3, -0.25) is 14.5 Å². The van der Waals surface area contributed by atoms with Crippen molar-refractivity contribution in [2.24, 2.45) is 5.92 Å². The number of anilines is 1. The highest BCUT2D eigenvalue weighted by atomic mass is 16.3. The van der Waals surface area contributed by atoms with Crippen LogP contribution in [0.15, 0.2) is 53.1 Å². The number of hydrogen-bond donors (Lipinski definition) is 1. The molecule has 6 heteroatoms. The first-order chi connectivity index (χ1) is 14.2. The van der Waals surface area contributed by atoms with E-state index in [0.717, 1.165) is 56.8 Å². The Balaban J connectivity index is 1.54. The number of unbranched alkanes of at least 4 members (excludes halogenated alkanes) is 1. The lowest BCUT2D eigenvalue weighted by atomic mass is 9.96.